The fraction of sp³-hybridized carbons (Fsp3) is 0.600. The first-order valence-corrected chi connectivity index (χ1v) is 11.9. The SMILES string of the molecule is CO[C@H]1C(O)[C@@H](COP(=O)(O)OP(=O)(O)OP(=O)(O)O)O[C@H]1c1cnc(=O)[nH]c1. The van der Waals surface area contributed by atoms with Gasteiger partial charge in [-0.3, -0.25) is 4.52 Å². The summed E-state index contributed by atoms with van der Waals surface area (Å²) in [5.74, 6) is 0. The highest BCUT2D eigenvalue weighted by Crippen LogP contribution is 2.66. The van der Waals surface area contributed by atoms with Gasteiger partial charge in [-0.2, -0.15) is 8.62 Å². The summed E-state index contributed by atoms with van der Waals surface area (Å²) < 4.78 is 55.8. The summed E-state index contributed by atoms with van der Waals surface area (Å²) in [5, 5.41) is 10.3. The van der Waals surface area contributed by atoms with Gasteiger partial charge in [0.2, 0.25) is 0 Å². The number of nitrogens with one attached hydrogen (secondary N) is 1. The van der Waals surface area contributed by atoms with E-state index >= 15 is 0 Å². The molecule has 29 heavy (non-hydrogen) atoms. The Morgan fingerprint density at radius 2 is 1.83 bits per heavy atom. The van der Waals surface area contributed by atoms with Crippen LogP contribution in [0.5, 0.6) is 0 Å². The maximum atomic E-state index is 11.7. The zero-order chi connectivity index (χ0) is 22.0. The second-order valence-electron chi connectivity index (χ2n) is 5.52. The Kier molecular flexibility index (Phi) is 7.69. The van der Waals surface area contributed by atoms with Crippen LogP contribution < -0.4 is 5.69 Å². The Hall–Kier alpha value is -0.830. The highest BCUT2D eigenvalue weighted by Gasteiger charge is 2.47. The molecule has 2 rings (SSSR count). The van der Waals surface area contributed by atoms with E-state index in [0.717, 1.165) is 6.20 Å². The van der Waals surface area contributed by atoms with Crippen LogP contribution >= 0.6 is 23.5 Å². The van der Waals surface area contributed by atoms with Gasteiger partial charge in [0, 0.05) is 25.1 Å². The molecule has 1 saturated heterocycles. The Bertz CT molecular complexity index is 895. The van der Waals surface area contributed by atoms with E-state index in [0.29, 0.717) is 5.56 Å². The fourth-order valence-electron chi connectivity index (χ4n) is 2.39. The van der Waals surface area contributed by atoms with Crippen LogP contribution in [0.1, 0.15) is 11.7 Å². The highest BCUT2D eigenvalue weighted by atomic mass is 31.3. The largest absolute Gasteiger partial charge is 0.490 e. The molecule has 166 valence electrons. The van der Waals surface area contributed by atoms with Gasteiger partial charge in [0.05, 0.1) is 6.61 Å². The van der Waals surface area contributed by atoms with Crippen molar-refractivity contribution in [3.05, 3.63) is 28.4 Å². The van der Waals surface area contributed by atoms with E-state index in [1.807, 2.05) is 0 Å². The number of aromatic amines is 1. The maximum Gasteiger partial charge on any atom is 0.490 e. The lowest BCUT2D eigenvalue weighted by atomic mass is 10.0. The number of methoxy groups -OCH3 is 1. The van der Waals surface area contributed by atoms with Gasteiger partial charge < -0.3 is 39.1 Å². The predicted molar refractivity (Wildman–Crippen MR) is 89.1 cm³/mol. The second kappa shape index (κ2) is 9.12. The molecule has 19 heteroatoms. The van der Waals surface area contributed by atoms with Crippen LogP contribution in [0.2, 0.25) is 0 Å². The van der Waals surface area contributed by atoms with Gasteiger partial charge in [0.1, 0.15) is 24.4 Å². The number of aliphatic hydroxyl groups excluding tert-OH is 1. The van der Waals surface area contributed by atoms with Crippen LogP contribution in [0, 0.1) is 0 Å². The average Bonchev–Trinajstić information content (AvgIpc) is 2.86. The predicted octanol–water partition coefficient (Wildman–Crippen LogP) is -1.07. The Morgan fingerprint density at radius 3 is 2.34 bits per heavy atom. The first-order valence-electron chi connectivity index (χ1n) is 7.42. The topological polar surface area (TPSA) is 244 Å². The van der Waals surface area contributed by atoms with E-state index in [1.165, 1.54) is 13.3 Å². The third-order valence-corrected chi connectivity index (χ3v) is 7.25. The summed E-state index contributed by atoms with van der Waals surface area (Å²) in [6.45, 7) is -0.863. The normalized spacial score (nSPS) is 29.3. The first kappa shape index (κ1) is 24.4. The van der Waals surface area contributed by atoms with Gasteiger partial charge in [-0.05, 0) is 0 Å². The Labute approximate surface area is 161 Å². The van der Waals surface area contributed by atoms with Crippen molar-refractivity contribution in [3.8, 4) is 0 Å². The van der Waals surface area contributed by atoms with Crippen LogP contribution in [0.3, 0.4) is 0 Å². The molecule has 6 N–H and O–H groups in total. The summed E-state index contributed by atoms with van der Waals surface area (Å²) in [6, 6.07) is 0. The fourth-order valence-corrected chi connectivity index (χ4v) is 5.42. The van der Waals surface area contributed by atoms with Crippen LogP contribution in [0.15, 0.2) is 17.2 Å². The molecule has 16 nitrogen and oxygen atoms in total. The molecule has 1 aromatic rings. The number of nitrogens with zero attached hydrogens (tertiary/aromatic N) is 1. The molecule has 0 spiro atoms. The lowest BCUT2D eigenvalue weighted by molar-refractivity contribution is -0.0231. The van der Waals surface area contributed by atoms with Crippen molar-refractivity contribution in [1.29, 1.82) is 0 Å². The molecule has 2 heterocycles. The summed E-state index contributed by atoms with van der Waals surface area (Å²) in [7, 11) is -15.3. The minimum Gasteiger partial charge on any atom is -0.387 e. The number of phosphoric acid groups is 3. The van der Waals surface area contributed by atoms with Gasteiger partial charge in [0.15, 0.2) is 0 Å². The number of ether oxygens (including phenoxy) is 2. The van der Waals surface area contributed by atoms with Crippen molar-refractivity contribution in [1.82, 2.24) is 9.97 Å². The molecular weight excluding hydrogens is 465 g/mol. The molecule has 0 aromatic carbocycles. The minimum atomic E-state index is -5.67. The highest BCUT2D eigenvalue weighted by molar-refractivity contribution is 7.66. The molecule has 1 aromatic heterocycles. The van der Waals surface area contributed by atoms with Gasteiger partial charge in [-0.15, -0.1) is 0 Å². The van der Waals surface area contributed by atoms with Gasteiger partial charge in [-0.1, -0.05) is 0 Å². The van der Waals surface area contributed by atoms with E-state index in [9.17, 15) is 28.5 Å². The van der Waals surface area contributed by atoms with E-state index in [2.05, 4.69) is 23.1 Å². The molecule has 0 saturated carbocycles. The molecule has 6 atom stereocenters. The molecule has 0 aliphatic carbocycles. The Balaban J connectivity index is 2.05. The molecule has 1 fully saturated rings. The summed E-state index contributed by atoms with van der Waals surface area (Å²) in [4.78, 5) is 52.3. The first-order chi connectivity index (χ1) is 13.2. The summed E-state index contributed by atoms with van der Waals surface area (Å²) >= 11 is 0. The van der Waals surface area contributed by atoms with Gasteiger partial charge in [0.25, 0.3) is 0 Å². The Morgan fingerprint density at radius 1 is 1.17 bits per heavy atom. The van der Waals surface area contributed by atoms with Crippen molar-refractivity contribution < 1.29 is 61.0 Å². The lowest BCUT2D eigenvalue weighted by Crippen LogP contribution is -2.34. The van der Waals surface area contributed by atoms with Gasteiger partial charge >= 0.3 is 29.2 Å². The molecule has 1 aliphatic rings. The number of aliphatic hydroxyl groups is 1. The molecule has 0 bridgehead atoms. The van der Waals surface area contributed by atoms with Crippen molar-refractivity contribution in [3.63, 3.8) is 0 Å². The monoisotopic (exact) mass is 482 g/mol. The number of aromatic nitrogens is 2. The van der Waals surface area contributed by atoms with Crippen LogP contribution in [-0.4, -0.2) is 66.7 Å². The van der Waals surface area contributed by atoms with Crippen LogP contribution in [0.25, 0.3) is 0 Å². The summed E-state index contributed by atoms with van der Waals surface area (Å²) in [6.07, 6.45) is -2.27. The zero-order valence-corrected chi connectivity index (χ0v) is 17.1. The second-order valence-corrected chi connectivity index (χ2v) is 9.94. The summed E-state index contributed by atoms with van der Waals surface area (Å²) in [5.41, 5.74) is -0.332. The van der Waals surface area contributed by atoms with Gasteiger partial charge in [-0.25, -0.2) is 23.5 Å². The van der Waals surface area contributed by atoms with Crippen molar-refractivity contribution >= 4 is 23.5 Å². The number of H-pyrrole nitrogens is 1. The third kappa shape index (κ3) is 7.12. The quantitative estimate of drug-likeness (QED) is 0.229. The molecule has 0 amide bonds. The minimum absolute atomic E-state index is 0.302. The van der Waals surface area contributed by atoms with E-state index in [4.69, 9.17) is 24.2 Å². The van der Waals surface area contributed by atoms with E-state index < -0.39 is 60.2 Å². The molecule has 1 aliphatic heterocycles. The van der Waals surface area contributed by atoms with Crippen molar-refractivity contribution in [2.45, 2.75) is 24.4 Å². The van der Waals surface area contributed by atoms with Crippen LogP contribution in [-0.2, 0) is 36.3 Å². The van der Waals surface area contributed by atoms with Crippen molar-refractivity contribution in [2.75, 3.05) is 13.7 Å². The average molecular weight is 482 g/mol. The number of rotatable bonds is 9. The van der Waals surface area contributed by atoms with E-state index in [-0.39, 0.29) is 0 Å². The smallest absolute Gasteiger partial charge is 0.387 e. The standard InChI is InChI=1S/C10H17N2O14P3/c1-22-9-7(13)6(24-8(9)5-2-11-10(14)12-3-5)4-23-28(18,19)26-29(20,21)25-27(15,16)17/h2-3,6-9,13H,4H2,1H3,(H,18,19)(H,20,21)(H,11,12,14)(H2,15,16,17)/t6-,7?,8+,9+/m1/s1. The lowest BCUT2D eigenvalue weighted by Gasteiger charge is -2.19. The maximum absolute atomic E-state index is 11.7. The third-order valence-electron chi connectivity index (χ3n) is 3.45. The zero-order valence-electron chi connectivity index (χ0n) is 14.4. The van der Waals surface area contributed by atoms with Crippen molar-refractivity contribution in [2.24, 2.45) is 0 Å². The molecule has 3 unspecified atom stereocenters. The number of phosphoric ester groups is 1. The number of hydrogen-bond acceptors (Lipinski definition) is 11. The molecule has 0 radical (unpaired) electrons. The molecular formula is C10H17N2O14P3. The number of hydrogen-bond donors (Lipinski definition) is 6. The van der Waals surface area contributed by atoms with Crippen LogP contribution in [0.4, 0.5) is 0 Å². The van der Waals surface area contributed by atoms with E-state index in [1.54, 1.807) is 0 Å².